The van der Waals surface area contributed by atoms with E-state index in [1.165, 1.54) is 0 Å². The monoisotopic (exact) mass is 192 g/mol. The second-order valence-electron chi connectivity index (χ2n) is 3.19. The maximum absolute atomic E-state index is 5.44. The van der Waals surface area contributed by atoms with Crippen molar-refractivity contribution in [3.05, 3.63) is 23.7 Å². The topological polar surface area (TPSA) is 69.9 Å². The van der Waals surface area contributed by atoms with Crippen LogP contribution in [0.4, 0.5) is 0 Å². The van der Waals surface area contributed by atoms with Gasteiger partial charge in [-0.15, -0.1) is 0 Å². The third-order valence-corrected chi connectivity index (χ3v) is 2.05. The quantitative estimate of drug-likeness (QED) is 0.765. The molecular formula is C9H12N4O. The summed E-state index contributed by atoms with van der Waals surface area (Å²) in [5.74, 6) is 0.719. The Morgan fingerprint density at radius 2 is 2.36 bits per heavy atom. The molecule has 5 nitrogen and oxygen atoms in total. The van der Waals surface area contributed by atoms with Gasteiger partial charge in [0.05, 0.1) is 17.0 Å². The zero-order valence-electron chi connectivity index (χ0n) is 8.19. The highest BCUT2D eigenvalue weighted by Crippen LogP contribution is 2.22. The summed E-state index contributed by atoms with van der Waals surface area (Å²) < 4.78 is 6.90. The molecule has 0 aliphatic rings. The van der Waals surface area contributed by atoms with Gasteiger partial charge in [-0.2, -0.15) is 5.10 Å². The second-order valence-corrected chi connectivity index (χ2v) is 3.19. The first-order valence-electron chi connectivity index (χ1n) is 4.37. The molecule has 0 amide bonds. The van der Waals surface area contributed by atoms with Crippen LogP contribution in [0.1, 0.15) is 11.4 Å². The summed E-state index contributed by atoms with van der Waals surface area (Å²) in [7, 11) is 1.87. The van der Waals surface area contributed by atoms with Crippen molar-refractivity contribution in [3.8, 4) is 11.3 Å². The molecular weight excluding hydrogens is 180 g/mol. The van der Waals surface area contributed by atoms with Crippen molar-refractivity contribution < 1.29 is 4.52 Å². The second kappa shape index (κ2) is 3.26. The van der Waals surface area contributed by atoms with E-state index in [9.17, 15) is 0 Å². The molecule has 2 N–H and O–H groups in total. The maximum Gasteiger partial charge on any atom is 0.170 e. The number of hydrogen-bond donors (Lipinski definition) is 1. The predicted octanol–water partition coefficient (Wildman–Crippen LogP) is 0.842. The zero-order valence-corrected chi connectivity index (χ0v) is 8.19. The lowest BCUT2D eigenvalue weighted by atomic mass is 10.2. The van der Waals surface area contributed by atoms with Crippen LogP contribution in [0.2, 0.25) is 0 Å². The molecule has 2 aromatic heterocycles. The van der Waals surface area contributed by atoms with Crippen molar-refractivity contribution in [2.45, 2.75) is 13.5 Å². The first-order chi connectivity index (χ1) is 6.70. The Bertz CT molecular complexity index is 443. The van der Waals surface area contributed by atoms with Crippen LogP contribution in [0.15, 0.2) is 16.8 Å². The molecule has 0 unspecified atom stereocenters. The number of nitrogens with two attached hydrogens (primary N) is 1. The molecule has 0 atom stereocenters. The van der Waals surface area contributed by atoms with Gasteiger partial charge in [-0.25, -0.2) is 0 Å². The number of aryl methyl sites for hydroxylation is 2. The molecule has 0 aliphatic heterocycles. The van der Waals surface area contributed by atoms with Crippen LogP contribution in [-0.2, 0) is 13.6 Å². The minimum Gasteiger partial charge on any atom is -0.356 e. The summed E-state index contributed by atoms with van der Waals surface area (Å²) in [5.41, 5.74) is 8.08. The van der Waals surface area contributed by atoms with Crippen LogP contribution in [0, 0.1) is 6.92 Å². The number of rotatable bonds is 2. The van der Waals surface area contributed by atoms with Crippen LogP contribution in [0.3, 0.4) is 0 Å². The van der Waals surface area contributed by atoms with Crippen LogP contribution in [-0.4, -0.2) is 14.9 Å². The SMILES string of the molecule is Cc1nn(C)cc1-c1cc(CN)no1. The molecule has 0 spiro atoms. The summed E-state index contributed by atoms with van der Waals surface area (Å²) in [6, 6.07) is 1.84. The molecule has 2 rings (SSSR count). The number of aromatic nitrogens is 3. The Morgan fingerprint density at radius 3 is 2.86 bits per heavy atom. The molecule has 2 heterocycles. The standard InChI is InChI=1S/C9H12N4O/c1-6-8(5-13(2)11-6)9-3-7(4-10)12-14-9/h3,5H,4,10H2,1-2H3. The molecule has 74 valence electrons. The minimum atomic E-state index is 0.392. The Hall–Kier alpha value is -1.62. The average molecular weight is 192 g/mol. The van der Waals surface area contributed by atoms with Gasteiger partial charge in [-0.05, 0) is 6.92 Å². The van der Waals surface area contributed by atoms with Crippen LogP contribution < -0.4 is 5.73 Å². The van der Waals surface area contributed by atoms with Gasteiger partial charge < -0.3 is 10.3 Å². The highest BCUT2D eigenvalue weighted by atomic mass is 16.5. The average Bonchev–Trinajstić information content (AvgIpc) is 2.71. The Balaban J connectivity index is 2.43. The lowest BCUT2D eigenvalue weighted by molar-refractivity contribution is 0.423. The van der Waals surface area contributed by atoms with Gasteiger partial charge in [-0.1, -0.05) is 5.16 Å². The predicted molar refractivity (Wildman–Crippen MR) is 51.3 cm³/mol. The first kappa shape index (κ1) is 8.96. The van der Waals surface area contributed by atoms with E-state index in [1.54, 1.807) is 4.68 Å². The van der Waals surface area contributed by atoms with Crippen molar-refractivity contribution in [2.75, 3.05) is 0 Å². The molecule has 2 aromatic rings. The Morgan fingerprint density at radius 1 is 1.57 bits per heavy atom. The van der Waals surface area contributed by atoms with Crippen molar-refractivity contribution in [3.63, 3.8) is 0 Å². The zero-order chi connectivity index (χ0) is 10.1. The molecule has 0 aliphatic carbocycles. The van der Waals surface area contributed by atoms with Gasteiger partial charge >= 0.3 is 0 Å². The summed E-state index contributed by atoms with van der Waals surface area (Å²) in [6.07, 6.45) is 1.90. The molecule has 0 bridgehead atoms. The minimum absolute atomic E-state index is 0.392. The lowest BCUT2D eigenvalue weighted by Crippen LogP contribution is -1.94. The Labute approximate surface area is 81.5 Å². The lowest BCUT2D eigenvalue weighted by Gasteiger charge is -1.87. The largest absolute Gasteiger partial charge is 0.356 e. The fraction of sp³-hybridized carbons (Fsp3) is 0.333. The molecule has 14 heavy (non-hydrogen) atoms. The van der Waals surface area contributed by atoms with Gasteiger partial charge in [-0.3, -0.25) is 4.68 Å². The summed E-state index contributed by atoms with van der Waals surface area (Å²) >= 11 is 0. The first-order valence-corrected chi connectivity index (χ1v) is 4.37. The van der Waals surface area contributed by atoms with Crippen molar-refractivity contribution in [1.29, 1.82) is 0 Å². The van der Waals surface area contributed by atoms with Gasteiger partial charge in [0.2, 0.25) is 0 Å². The van der Waals surface area contributed by atoms with Crippen LogP contribution in [0.5, 0.6) is 0 Å². The molecule has 0 fully saturated rings. The van der Waals surface area contributed by atoms with Gasteiger partial charge in [0, 0.05) is 25.9 Å². The van der Waals surface area contributed by atoms with E-state index >= 15 is 0 Å². The van der Waals surface area contributed by atoms with E-state index in [4.69, 9.17) is 10.3 Å². The molecule has 0 saturated heterocycles. The highest BCUT2D eigenvalue weighted by Gasteiger charge is 2.11. The molecule has 0 aromatic carbocycles. The van der Waals surface area contributed by atoms with E-state index in [0.717, 1.165) is 22.7 Å². The van der Waals surface area contributed by atoms with Gasteiger partial charge in [0.25, 0.3) is 0 Å². The molecule has 5 heteroatoms. The summed E-state index contributed by atoms with van der Waals surface area (Å²) in [6.45, 7) is 2.32. The van der Waals surface area contributed by atoms with Crippen molar-refractivity contribution in [2.24, 2.45) is 12.8 Å². The highest BCUT2D eigenvalue weighted by molar-refractivity contribution is 5.59. The summed E-state index contributed by atoms with van der Waals surface area (Å²) in [5, 5.41) is 8.04. The normalized spacial score (nSPS) is 10.8. The third-order valence-electron chi connectivity index (χ3n) is 2.05. The summed E-state index contributed by atoms with van der Waals surface area (Å²) in [4.78, 5) is 0. The van der Waals surface area contributed by atoms with E-state index in [-0.39, 0.29) is 0 Å². The third kappa shape index (κ3) is 1.42. The van der Waals surface area contributed by atoms with Crippen LogP contribution in [0.25, 0.3) is 11.3 Å². The van der Waals surface area contributed by atoms with E-state index in [0.29, 0.717) is 6.54 Å². The van der Waals surface area contributed by atoms with Crippen LogP contribution >= 0.6 is 0 Å². The van der Waals surface area contributed by atoms with E-state index in [1.807, 2.05) is 26.2 Å². The molecule has 0 radical (unpaired) electrons. The fourth-order valence-electron chi connectivity index (χ4n) is 1.38. The van der Waals surface area contributed by atoms with Gasteiger partial charge in [0.15, 0.2) is 5.76 Å². The maximum atomic E-state index is 5.44. The fourth-order valence-corrected chi connectivity index (χ4v) is 1.38. The number of nitrogens with zero attached hydrogens (tertiary/aromatic N) is 3. The number of hydrogen-bond acceptors (Lipinski definition) is 4. The Kier molecular flexibility index (Phi) is 2.09. The van der Waals surface area contributed by atoms with E-state index in [2.05, 4.69) is 10.3 Å². The van der Waals surface area contributed by atoms with Crippen molar-refractivity contribution in [1.82, 2.24) is 14.9 Å². The van der Waals surface area contributed by atoms with Crippen molar-refractivity contribution >= 4 is 0 Å². The molecule has 0 saturated carbocycles. The van der Waals surface area contributed by atoms with E-state index < -0.39 is 0 Å². The van der Waals surface area contributed by atoms with Gasteiger partial charge in [0.1, 0.15) is 0 Å². The smallest absolute Gasteiger partial charge is 0.170 e.